The van der Waals surface area contributed by atoms with E-state index in [1.54, 1.807) is 0 Å². The van der Waals surface area contributed by atoms with Crippen molar-refractivity contribution in [2.45, 2.75) is 53.0 Å². The van der Waals surface area contributed by atoms with Crippen LogP contribution in [0.1, 0.15) is 56.8 Å². The molecule has 0 aromatic carbocycles. The summed E-state index contributed by atoms with van der Waals surface area (Å²) in [6, 6.07) is 2.00. The summed E-state index contributed by atoms with van der Waals surface area (Å²) in [5, 5.41) is 8.49. The predicted octanol–water partition coefficient (Wildman–Crippen LogP) is 2.79. The Morgan fingerprint density at radius 3 is 2.39 bits per heavy atom. The van der Waals surface area contributed by atoms with Crippen LogP contribution in [0.3, 0.4) is 0 Å². The largest absolute Gasteiger partial charge is 0.337 e. The van der Waals surface area contributed by atoms with Gasteiger partial charge in [-0.3, -0.25) is 4.68 Å². The molecule has 2 rings (SSSR count). The summed E-state index contributed by atoms with van der Waals surface area (Å²) >= 11 is 0. The first kappa shape index (κ1) is 12.8. The van der Waals surface area contributed by atoms with Crippen LogP contribution in [0, 0.1) is 13.8 Å². The number of hydrogen-bond donors (Lipinski definition) is 0. The molecule has 0 bridgehead atoms. The highest BCUT2D eigenvalue weighted by molar-refractivity contribution is 5.10. The van der Waals surface area contributed by atoms with Gasteiger partial charge in [-0.1, -0.05) is 25.9 Å². The molecule has 0 saturated heterocycles. The average Bonchev–Trinajstić information content (AvgIpc) is 2.83. The van der Waals surface area contributed by atoms with Gasteiger partial charge in [0.15, 0.2) is 5.82 Å². The SMILES string of the molecule is Cc1cc(C)n(C(C)c2nc(C(C)(C)C)no2)n1. The number of rotatable bonds is 2. The first-order valence-electron chi connectivity index (χ1n) is 6.16. The summed E-state index contributed by atoms with van der Waals surface area (Å²) in [4.78, 5) is 4.47. The van der Waals surface area contributed by atoms with Gasteiger partial charge in [0, 0.05) is 11.1 Å². The maximum atomic E-state index is 5.35. The molecule has 0 spiro atoms. The van der Waals surface area contributed by atoms with E-state index in [0.29, 0.717) is 5.89 Å². The van der Waals surface area contributed by atoms with Crippen LogP contribution >= 0.6 is 0 Å². The van der Waals surface area contributed by atoms with Crippen molar-refractivity contribution in [1.29, 1.82) is 0 Å². The predicted molar refractivity (Wildman–Crippen MR) is 68.5 cm³/mol. The molecule has 2 aromatic rings. The molecular formula is C13H20N4O. The fraction of sp³-hybridized carbons (Fsp3) is 0.615. The number of hydrogen-bond acceptors (Lipinski definition) is 4. The Bertz CT molecular complexity index is 548. The van der Waals surface area contributed by atoms with Crippen molar-refractivity contribution in [3.8, 4) is 0 Å². The van der Waals surface area contributed by atoms with Crippen LogP contribution in [0.25, 0.3) is 0 Å². The highest BCUT2D eigenvalue weighted by Crippen LogP contribution is 2.23. The normalized spacial score (nSPS) is 13.9. The minimum Gasteiger partial charge on any atom is -0.337 e. The van der Waals surface area contributed by atoms with E-state index in [9.17, 15) is 0 Å². The Morgan fingerprint density at radius 1 is 1.28 bits per heavy atom. The lowest BCUT2D eigenvalue weighted by Gasteiger charge is -2.12. The maximum absolute atomic E-state index is 5.35. The first-order valence-corrected chi connectivity index (χ1v) is 6.16. The molecule has 2 aromatic heterocycles. The molecule has 0 amide bonds. The fourth-order valence-corrected chi connectivity index (χ4v) is 1.85. The van der Waals surface area contributed by atoms with E-state index in [0.717, 1.165) is 17.2 Å². The Balaban J connectivity index is 2.32. The lowest BCUT2D eigenvalue weighted by atomic mass is 9.96. The van der Waals surface area contributed by atoms with Crippen LogP contribution < -0.4 is 0 Å². The third kappa shape index (κ3) is 2.30. The van der Waals surface area contributed by atoms with E-state index in [1.165, 1.54) is 0 Å². The fourth-order valence-electron chi connectivity index (χ4n) is 1.85. The standard InChI is InChI=1S/C13H20N4O/c1-8-7-9(2)17(15-8)10(3)11-14-12(16-18-11)13(4,5)6/h7,10H,1-6H3. The van der Waals surface area contributed by atoms with E-state index in [4.69, 9.17) is 4.52 Å². The zero-order chi connectivity index (χ0) is 13.5. The van der Waals surface area contributed by atoms with Gasteiger partial charge in [-0.25, -0.2) is 0 Å². The number of aryl methyl sites for hydroxylation is 2. The van der Waals surface area contributed by atoms with Crippen LogP contribution in [0.5, 0.6) is 0 Å². The summed E-state index contributed by atoms with van der Waals surface area (Å²) in [5.41, 5.74) is 1.99. The van der Waals surface area contributed by atoms with E-state index in [1.807, 2.05) is 31.5 Å². The van der Waals surface area contributed by atoms with Gasteiger partial charge in [0.25, 0.3) is 5.89 Å². The van der Waals surface area contributed by atoms with Gasteiger partial charge < -0.3 is 4.52 Å². The molecule has 5 heteroatoms. The molecule has 5 nitrogen and oxygen atoms in total. The lowest BCUT2D eigenvalue weighted by Crippen LogP contribution is -2.15. The van der Waals surface area contributed by atoms with Gasteiger partial charge in [0.1, 0.15) is 6.04 Å². The van der Waals surface area contributed by atoms with E-state index in [-0.39, 0.29) is 11.5 Å². The average molecular weight is 248 g/mol. The third-order valence-corrected chi connectivity index (χ3v) is 2.88. The van der Waals surface area contributed by atoms with Gasteiger partial charge in [0.2, 0.25) is 0 Å². The molecule has 0 aliphatic carbocycles. The lowest BCUT2D eigenvalue weighted by molar-refractivity contribution is 0.326. The monoisotopic (exact) mass is 248 g/mol. The van der Waals surface area contributed by atoms with Crippen molar-refractivity contribution in [2.75, 3.05) is 0 Å². The van der Waals surface area contributed by atoms with E-state index >= 15 is 0 Å². The molecule has 0 N–H and O–H groups in total. The molecule has 18 heavy (non-hydrogen) atoms. The summed E-state index contributed by atoms with van der Waals surface area (Å²) in [5.74, 6) is 1.33. The van der Waals surface area contributed by atoms with E-state index in [2.05, 4.69) is 36.0 Å². The second-order valence-corrected chi connectivity index (χ2v) is 5.75. The molecule has 2 heterocycles. The second-order valence-electron chi connectivity index (χ2n) is 5.75. The smallest absolute Gasteiger partial charge is 0.251 e. The van der Waals surface area contributed by atoms with Gasteiger partial charge in [-0.05, 0) is 26.8 Å². The van der Waals surface area contributed by atoms with Gasteiger partial charge >= 0.3 is 0 Å². The highest BCUT2D eigenvalue weighted by atomic mass is 16.5. The molecule has 0 aliphatic rings. The van der Waals surface area contributed by atoms with Crippen molar-refractivity contribution in [2.24, 2.45) is 0 Å². The van der Waals surface area contributed by atoms with E-state index < -0.39 is 0 Å². The van der Waals surface area contributed by atoms with Crippen LogP contribution in [-0.4, -0.2) is 19.9 Å². The zero-order valence-corrected chi connectivity index (χ0v) is 11.9. The Kier molecular flexibility index (Phi) is 3.00. The van der Waals surface area contributed by atoms with Crippen LogP contribution in [0.2, 0.25) is 0 Å². The topological polar surface area (TPSA) is 56.7 Å². The molecule has 0 saturated carbocycles. The Morgan fingerprint density at radius 2 is 1.94 bits per heavy atom. The molecule has 0 fully saturated rings. The Labute approximate surface area is 107 Å². The van der Waals surface area contributed by atoms with Crippen LogP contribution in [0.15, 0.2) is 10.6 Å². The van der Waals surface area contributed by atoms with Gasteiger partial charge in [0.05, 0.1) is 5.69 Å². The van der Waals surface area contributed by atoms with Crippen molar-refractivity contribution in [3.05, 3.63) is 29.2 Å². The molecule has 0 aliphatic heterocycles. The van der Waals surface area contributed by atoms with Crippen LogP contribution in [0.4, 0.5) is 0 Å². The number of aromatic nitrogens is 4. The minimum atomic E-state index is -0.101. The highest BCUT2D eigenvalue weighted by Gasteiger charge is 2.24. The summed E-state index contributed by atoms with van der Waals surface area (Å²) in [7, 11) is 0. The summed E-state index contributed by atoms with van der Waals surface area (Å²) < 4.78 is 7.26. The number of nitrogens with zero attached hydrogens (tertiary/aromatic N) is 4. The molecule has 98 valence electrons. The minimum absolute atomic E-state index is 0.0395. The summed E-state index contributed by atoms with van der Waals surface area (Å²) in [6.45, 7) is 12.2. The van der Waals surface area contributed by atoms with Crippen molar-refractivity contribution in [1.82, 2.24) is 19.9 Å². The zero-order valence-electron chi connectivity index (χ0n) is 11.9. The third-order valence-electron chi connectivity index (χ3n) is 2.88. The molecular weight excluding hydrogens is 228 g/mol. The van der Waals surface area contributed by atoms with Crippen molar-refractivity contribution in [3.63, 3.8) is 0 Å². The Hall–Kier alpha value is -1.65. The van der Waals surface area contributed by atoms with Crippen molar-refractivity contribution >= 4 is 0 Å². The van der Waals surface area contributed by atoms with Crippen LogP contribution in [-0.2, 0) is 5.41 Å². The molecule has 1 unspecified atom stereocenters. The summed E-state index contributed by atoms with van der Waals surface area (Å²) in [6.07, 6.45) is 0. The van der Waals surface area contributed by atoms with Gasteiger partial charge in [-0.2, -0.15) is 10.1 Å². The van der Waals surface area contributed by atoms with Gasteiger partial charge in [-0.15, -0.1) is 0 Å². The molecule has 0 radical (unpaired) electrons. The maximum Gasteiger partial charge on any atom is 0.251 e. The quantitative estimate of drug-likeness (QED) is 0.820. The molecule has 1 atom stereocenters. The first-order chi connectivity index (χ1) is 8.29. The van der Waals surface area contributed by atoms with Crippen molar-refractivity contribution < 1.29 is 4.52 Å². The second kappa shape index (κ2) is 4.23.